The lowest BCUT2D eigenvalue weighted by Crippen LogP contribution is -2.35. The number of morpholine rings is 1. The van der Waals surface area contributed by atoms with Crippen molar-refractivity contribution >= 4 is 10.1 Å². The number of benzene rings is 2. The summed E-state index contributed by atoms with van der Waals surface area (Å²) in [7, 11) is -1.76. The molecule has 5 nitrogen and oxygen atoms in total. The highest BCUT2D eigenvalue weighted by molar-refractivity contribution is 7.87. The third-order valence-electron chi connectivity index (χ3n) is 4.04. The van der Waals surface area contributed by atoms with Gasteiger partial charge in [-0.15, -0.1) is 0 Å². The second kappa shape index (κ2) is 6.93. The van der Waals surface area contributed by atoms with Crippen molar-refractivity contribution in [3.63, 3.8) is 0 Å². The average molecular weight is 347 g/mol. The van der Waals surface area contributed by atoms with Crippen LogP contribution in [0.5, 0.6) is 5.75 Å². The van der Waals surface area contributed by atoms with Crippen molar-refractivity contribution < 1.29 is 17.3 Å². The van der Waals surface area contributed by atoms with Crippen molar-refractivity contribution in [2.45, 2.75) is 17.9 Å². The third-order valence-corrected chi connectivity index (χ3v) is 5.30. The zero-order valence-corrected chi connectivity index (χ0v) is 14.6. The van der Waals surface area contributed by atoms with E-state index in [0.29, 0.717) is 12.4 Å². The summed E-state index contributed by atoms with van der Waals surface area (Å²) in [5, 5.41) is 0. The Morgan fingerprint density at radius 3 is 2.38 bits per heavy atom. The van der Waals surface area contributed by atoms with E-state index in [4.69, 9.17) is 8.92 Å². The lowest BCUT2D eigenvalue weighted by atomic mass is 10.1. The minimum atomic E-state index is -3.82. The van der Waals surface area contributed by atoms with E-state index in [1.165, 1.54) is 0 Å². The summed E-state index contributed by atoms with van der Waals surface area (Å²) < 4.78 is 35.5. The SMILES string of the molecule is Cc1ccc(S(=O)(=O)Oc2ccc([C@H]3CN(C)CCO3)cc2)cc1. The van der Waals surface area contributed by atoms with E-state index in [1.807, 2.05) is 19.1 Å². The smallest absolute Gasteiger partial charge is 0.339 e. The monoisotopic (exact) mass is 347 g/mol. The Balaban J connectivity index is 1.72. The van der Waals surface area contributed by atoms with Crippen molar-refractivity contribution in [2.75, 3.05) is 26.7 Å². The van der Waals surface area contributed by atoms with Crippen molar-refractivity contribution in [3.05, 3.63) is 59.7 Å². The molecule has 1 saturated heterocycles. The highest BCUT2D eigenvalue weighted by Gasteiger charge is 2.20. The zero-order valence-electron chi connectivity index (χ0n) is 13.8. The number of ether oxygens (including phenoxy) is 1. The summed E-state index contributed by atoms with van der Waals surface area (Å²) in [6, 6.07) is 13.6. The Morgan fingerprint density at radius 1 is 1.08 bits per heavy atom. The summed E-state index contributed by atoms with van der Waals surface area (Å²) in [5.41, 5.74) is 2.01. The maximum absolute atomic E-state index is 12.3. The first kappa shape index (κ1) is 17.0. The molecule has 128 valence electrons. The van der Waals surface area contributed by atoms with Crippen LogP contribution >= 0.6 is 0 Å². The molecule has 2 aromatic rings. The lowest BCUT2D eigenvalue weighted by molar-refractivity contribution is -0.0209. The molecule has 0 radical (unpaired) electrons. The van der Waals surface area contributed by atoms with Crippen LogP contribution in [0.15, 0.2) is 53.4 Å². The molecule has 0 N–H and O–H groups in total. The molecule has 3 rings (SSSR count). The number of aryl methyl sites for hydroxylation is 1. The zero-order chi connectivity index (χ0) is 17.2. The van der Waals surface area contributed by atoms with Gasteiger partial charge in [0.05, 0.1) is 12.7 Å². The van der Waals surface area contributed by atoms with Gasteiger partial charge in [0.25, 0.3) is 0 Å². The fraction of sp³-hybridized carbons (Fsp3) is 0.333. The molecule has 24 heavy (non-hydrogen) atoms. The van der Waals surface area contributed by atoms with Crippen molar-refractivity contribution in [3.8, 4) is 5.75 Å². The minimum absolute atomic E-state index is 0.00602. The number of hydrogen-bond donors (Lipinski definition) is 0. The quantitative estimate of drug-likeness (QED) is 0.796. The standard InChI is InChI=1S/C18H21NO4S/c1-14-3-9-17(10-4-14)24(20,21)23-16-7-5-15(6-8-16)18-13-19(2)11-12-22-18/h3-10,18H,11-13H2,1-2H3/t18-/m1/s1. The molecule has 0 amide bonds. The van der Waals surface area contributed by atoms with Crippen LogP contribution in [0.1, 0.15) is 17.2 Å². The summed E-state index contributed by atoms with van der Waals surface area (Å²) in [6.07, 6.45) is 0.00602. The van der Waals surface area contributed by atoms with Crippen LogP contribution in [0.2, 0.25) is 0 Å². The van der Waals surface area contributed by atoms with Crippen LogP contribution in [-0.2, 0) is 14.9 Å². The van der Waals surface area contributed by atoms with Crippen LogP contribution < -0.4 is 4.18 Å². The van der Waals surface area contributed by atoms with E-state index in [2.05, 4.69) is 11.9 Å². The Kier molecular flexibility index (Phi) is 4.89. The van der Waals surface area contributed by atoms with E-state index < -0.39 is 10.1 Å². The largest absolute Gasteiger partial charge is 0.379 e. The van der Waals surface area contributed by atoms with Gasteiger partial charge in [0, 0.05) is 13.1 Å². The van der Waals surface area contributed by atoms with E-state index in [9.17, 15) is 8.42 Å². The number of likely N-dealkylation sites (N-methyl/N-ethyl adjacent to an activating group) is 1. The first-order valence-corrected chi connectivity index (χ1v) is 9.26. The molecule has 0 saturated carbocycles. The van der Waals surface area contributed by atoms with E-state index >= 15 is 0 Å². The van der Waals surface area contributed by atoms with Crippen LogP contribution in [-0.4, -0.2) is 40.1 Å². The molecule has 1 aliphatic rings. The fourth-order valence-electron chi connectivity index (χ4n) is 2.60. The Morgan fingerprint density at radius 2 is 1.75 bits per heavy atom. The van der Waals surface area contributed by atoms with Gasteiger partial charge in [0.1, 0.15) is 10.6 Å². The molecule has 2 aromatic carbocycles. The highest BCUT2D eigenvalue weighted by Crippen LogP contribution is 2.25. The second-order valence-corrected chi connectivity index (χ2v) is 7.59. The number of hydrogen-bond acceptors (Lipinski definition) is 5. The van der Waals surface area contributed by atoms with Crippen LogP contribution in [0, 0.1) is 6.92 Å². The average Bonchev–Trinajstić information content (AvgIpc) is 2.55. The number of rotatable bonds is 4. The van der Waals surface area contributed by atoms with Gasteiger partial charge in [0.2, 0.25) is 0 Å². The van der Waals surface area contributed by atoms with Crippen molar-refractivity contribution in [1.82, 2.24) is 4.90 Å². The van der Waals surface area contributed by atoms with Gasteiger partial charge in [-0.25, -0.2) is 0 Å². The van der Waals surface area contributed by atoms with Gasteiger partial charge in [-0.1, -0.05) is 29.8 Å². The molecule has 1 atom stereocenters. The first-order valence-electron chi connectivity index (χ1n) is 7.85. The predicted molar refractivity (Wildman–Crippen MR) is 91.6 cm³/mol. The normalized spacial score (nSPS) is 19.2. The molecule has 0 bridgehead atoms. The molecular weight excluding hydrogens is 326 g/mol. The molecule has 0 unspecified atom stereocenters. The van der Waals surface area contributed by atoms with E-state index in [1.54, 1.807) is 36.4 Å². The van der Waals surface area contributed by atoms with Gasteiger partial charge >= 0.3 is 10.1 Å². The van der Waals surface area contributed by atoms with Gasteiger partial charge in [-0.05, 0) is 43.8 Å². The Hall–Kier alpha value is -1.89. The van der Waals surface area contributed by atoms with Gasteiger partial charge < -0.3 is 13.8 Å². The second-order valence-electron chi connectivity index (χ2n) is 6.04. The van der Waals surface area contributed by atoms with Gasteiger partial charge in [-0.3, -0.25) is 0 Å². The van der Waals surface area contributed by atoms with Crippen LogP contribution in [0.3, 0.4) is 0 Å². The molecule has 6 heteroatoms. The molecule has 1 aliphatic heterocycles. The third kappa shape index (κ3) is 3.95. The van der Waals surface area contributed by atoms with Crippen LogP contribution in [0.4, 0.5) is 0 Å². The first-order chi connectivity index (χ1) is 11.4. The Labute approximate surface area is 142 Å². The van der Waals surface area contributed by atoms with E-state index in [-0.39, 0.29) is 11.0 Å². The molecule has 0 spiro atoms. The maximum atomic E-state index is 12.3. The van der Waals surface area contributed by atoms with Crippen molar-refractivity contribution in [2.24, 2.45) is 0 Å². The lowest BCUT2D eigenvalue weighted by Gasteiger charge is -2.30. The highest BCUT2D eigenvalue weighted by atomic mass is 32.2. The van der Waals surface area contributed by atoms with E-state index in [0.717, 1.165) is 24.2 Å². The molecule has 1 fully saturated rings. The summed E-state index contributed by atoms with van der Waals surface area (Å²) in [5.74, 6) is 0.295. The Bertz CT molecular complexity index is 785. The predicted octanol–water partition coefficient (Wildman–Crippen LogP) is 2.77. The summed E-state index contributed by atoms with van der Waals surface area (Å²) >= 11 is 0. The molecule has 0 aromatic heterocycles. The van der Waals surface area contributed by atoms with Crippen LogP contribution in [0.25, 0.3) is 0 Å². The fourth-order valence-corrected chi connectivity index (χ4v) is 3.53. The topological polar surface area (TPSA) is 55.8 Å². The molecule has 1 heterocycles. The number of nitrogens with zero attached hydrogens (tertiary/aromatic N) is 1. The van der Waals surface area contributed by atoms with Gasteiger partial charge in [0.15, 0.2) is 0 Å². The maximum Gasteiger partial charge on any atom is 0.339 e. The summed E-state index contributed by atoms with van der Waals surface area (Å²) in [6.45, 7) is 4.34. The summed E-state index contributed by atoms with van der Waals surface area (Å²) in [4.78, 5) is 2.36. The van der Waals surface area contributed by atoms with Gasteiger partial charge in [-0.2, -0.15) is 8.42 Å². The molecular formula is C18H21NO4S. The molecule has 0 aliphatic carbocycles. The minimum Gasteiger partial charge on any atom is -0.379 e. The van der Waals surface area contributed by atoms with Crippen molar-refractivity contribution in [1.29, 1.82) is 0 Å².